The fourth-order valence-corrected chi connectivity index (χ4v) is 5.09. The van der Waals surface area contributed by atoms with E-state index in [0.717, 1.165) is 46.7 Å². The molecule has 0 fully saturated rings. The topological polar surface area (TPSA) is 78.9 Å². The Hall–Kier alpha value is -4.37. The maximum atomic E-state index is 14.1. The van der Waals surface area contributed by atoms with Crippen molar-refractivity contribution in [3.8, 4) is 34.5 Å². The van der Waals surface area contributed by atoms with E-state index < -0.39 is 0 Å². The fourth-order valence-electron chi connectivity index (χ4n) is 5.09. The highest BCUT2D eigenvalue weighted by molar-refractivity contribution is 6.14. The lowest BCUT2D eigenvalue weighted by molar-refractivity contribution is 0.0840. The molecule has 0 radical (unpaired) electrons. The summed E-state index contributed by atoms with van der Waals surface area (Å²) in [4.78, 5) is 17.9. The lowest BCUT2D eigenvalue weighted by Gasteiger charge is -2.21. The molecule has 3 aromatic carbocycles. The molecule has 0 aromatic heterocycles. The van der Waals surface area contributed by atoms with E-state index in [2.05, 4.69) is 4.90 Å². The quantitative estimate of drug-likeness (QED) is 0.362. The molecule has 9 nitrogen and oxygen atoms in total. The average Bonchev–Trinajstić information content (AvgIpc) is 3.54. The van der Waals surface area contributed by atoms with E-state index in [0.29, 0.717) is 40.9 Å². The number of rotatable bonds is 10. The Morgan fingerprint density at radius 3 is 2.33 bits per heavy atom. The molecule has 2 aliphatic heterocycles. The van der Waals surface area contributed by atoms with Crippen molar-refractivity contribution in [2.75, 3.05) is 55.9 Å². The minimum absolute atomic E-state index is 0.126. The first-order chi connectivity index (χ1) is 19.4. The van der Waals surface area contributed by atoms with Crippen LogP contribution in [-0.2, 0) is 13.0 Å². The molecule has 210 valence electrons. The normalized spacial score (nSPS) is 14.6. The number of amides is 1. The zero-order valence-electron chi connectivity index (χ0n) is 23.7. The molecule has 0 bridgehead atoms. The monoisotopic (exact) mass is 546 g/mol. The van der Waals surface area contributed by atoms with Crippen LogP contribution in [-0.4, -0.2) is 71.6 Å². The maximum Gasteiger partial charge on any atom is 0.263 e. The van der Waals surface area contributed by atoms with Crippen molar-refractivity contribution >= 4 is 17.7 Å². The Balaban J connectivity index is 1.71. The summed E-state index contributed by atoms with van der Waals surface area (Å²) in [6.45, 7) is 1.28. The van der Waals surface area contributed by atoms with Gasteiger partial charge in [0, 0.05) is 17.7 Å². The highest BCUT2D eigenvalue weighted by atomic mass is 16.7. The van der Waals surface area contributed by atoms with E-state index in [1.54, 1.807) is 33.3 Å². The summed E-state index contributed by atoms with van der Waals surface area (Å²) < 4.78 is 33.9. The minimum Gasteiger partial charge on any atom is -0.497 e. The first kappa shape index (κ1) is 27.2. The summed E-state index contributed by atoms with van der Waals surface area (Å²) in [5, 5.41) is 0. The van der Waals surface area contributed by atoms with Crippen molar-refractivity contribution in [3.05, 3.63) is 70.3 Å². The SMILES string of the molecule is COc1ccc(CN2C(=O)c3c(ccc(OC)c3OC)/C2=C/c2c(CCN(C)C)cc3c(c2OC)OCO3)cc1. The molecule has 0 spiro atoms. The van der Waals surface area contributed by atoms with Crippen LogP contribution in [0.2, 0.25) is 0 Å². The van der Waals surface area contributed by atoms with Gasteiger partial charge in [-0.05, 0) is 68.1 Å². The Morgan fingerprint density at radius 1 is 0.925 bits per heavy atom. The number of carbonyl (C=O) groups is 1. The highest BCUT2D eigenvalue weighted by Gasteiger charge is 2.37. The number of nitrogens with zero attached hydrogens (tertiary/aromatic N) is 2. The third kappa shape index (κ3) is 4.88. The van der Waals surface area contributed by atoms with Gasteiger partial charge in [-0.15, -0.1) is 0 Å². The van der Waals surface area contributed by atoms with Gasteiger partial charge in [-0.1, -0.05) is 12.1 Å². The van der Waals surface area contributed by atoms with E-state index in [4.69, 9.17) is 28.4 Å². The Morgan fingerprint density at radius 2 is 1.68 bits per heavy atom. The lowest BCUT2D eigenvalue weighted by atomic mass is 9.98. The van der Waals surface area contributed by atoms with Gasteiger partial charge in [0.05, 0.1) is 46.2 Å². The van der Waals surface area contributed by atoms with Crippen LogP contribution in [0.5, 0.6) is 34.5 Å². The van der Waals surface area contributed by atoms with Crippen LogP contribution in [0, 0.1) is 0 Å². The standard InChI is InChI=1S/C31H34N2O7/c1-32(2)14-13-20-15-26-30(40-18-39-26)28(37-5)23(20)16-24-22-11-12-25(36-4)29(38-6)27(22)31(34)33(24)17-19-7-9-21(35-3)10-8-19/h7-12,15-16H,13-14,17-18H2,1-6H3/b24-16-. The predicted molar refractivity (Wildman–Crippen MR) is 152 cm³/mol. The molecule has 3 aromatic rings. The molecule has 0 unspecified atom stereocenters. The number of hydrogen-bond donors (Lipinski definition) is 0. The molecule has 40 heavy (non-hydrogen) atoms. The molecule has 0 saturated carbocycles. The number of carbonyl (C=O) groups excluding carboxylic acids is 1. The summed E-state index contributed by atoms with van der Waals surface area (Å²) >= 11 is 0. The Bertz CT molecular complexity index is 1450. The van der Waals surface area contributed by atoms with Crippen molar-refractivity contribution < 1.29 is 33.2 Å². The molecule has 1 amide bonds. The van der Waals surface area contributed by atoms with Crippen molar-refractivity contribution in [1.82, 2.24) is 9.80 Å². The zero-order chi connectivity index (χ0) is 28.4. The highest BCUT2D eigenvalue weighted by Crippen LogP contribution is 2.49. The number of benzene rings is 3. The van der Waals surface area contributed by atoms with E-state index in [9.17, 15) is 4.79 Å². The largest absolute Gasteiger partial charge is 0.497 e. The molecule has 2 heterocycles. The van der Waals surface area contributed by atoms with Crippen LogP contribution in [0.3, 0.4) is 0 Å². The molecule has 2 aliphatic rings. The second kappa shape index (κ2) is 11.4. The van der Waals surface area contributed by atoms with Crippen molar-refractivity contribution in [3.63, 3.8) is 0 Å². The summed E-state index contributed by atoms with van der Waals surface area (Å²) in [7, 11) is 10.4. The average molecular weight is 547 g/mol. The number of hydrogen-bond acceptors (Lipinski definition) is 8. The maximum absolute atomic E-state index is 14.1. The van der Waals surface area contributed by atoms with Crippen LogP contribution in [0.1, 0.15) is 32.6 Å². The second-order valence-electron chi connectivity index (χ2n) is 9.76. The van der Waals surface area contributed by atoms with E-state index in [1.807, 2.05) is 62.6 Å². The van der Waals surface area contributed by atoms with Crippen LogP contribution < -0.4 is 28.4 Å². The van der Waals surface area contributed by atoms with Crippen molar-refractivity contribution in [2.45, 2.75) is 13.0 Å². The van der Waals surface area contributed by atoms with E-state index in [1.165, 1.54) is 0 Å². The van der Waals surface area contributed by atoms with Crippen molar-refractivity contribution in [1.29, 1.82) is 0 Å². The van der Waals surface area contributed by atoms with Crippen LogP contribution in [0.25, 0.3) is 11.8 Å². The van der Waals surface area contributed by atoms with Gasteiger partial charge in [-0.2, -0.15) is 0 Å². The molecular weight excluding hydrogens is 512 g/mol. The second-order valence-corrected chi connectivity index (χ2v) is 9.76. The predicted octanol–water partition coefficient (Wildman–Crippen LogP) is 4.71. The molecule has 5 rings (SSSR count). The van der Waals surface area contributed by atoms with Gasteiger partial charge in [0.2, 0.25) is 12.5 Å². The third-order valence-corrected chi connectivity index (χ3v) is 7.13. The number of likely N-dealkylation sites (N-methyl/N-ethyl adjacent to an activating group) is 1. The number of methoxy groups -OCH3 is 4. The summed E-state index contributed by atoms with van der Waals surface area (Å²) in [6.07, 6.45) is 2.75. The summed E-state index contributed by atoms with van der Waals surface area (Å²) in [6, 6.07) is 13.4. The van der Waals surface area contributed by atoms with Gasteiger partial charge >= 0.3 is 0 Å². The van der Waals surface area contributed by atoms with Crippen LogP contribution >= 0.6 is 0 Å². The Labute approximate surface area is 234 Å². The van der Waals surface area contributed by atoms with Crippen LogP contribution in [0.15, 0.2) is 42.5 Å². The number of fused-ring (bicyclic) bond motifs is 2. The Kier molecular flexibility index (Phi) is 7.75. The van der Waals surface area contributed by atoms with Gasteiger partial charge in [-0.25, -0.2) is 0 Å². The summed E-state index contributed by atoms with van der Waals surface area (Å²) in [5.41, 5.74) is 4.72. The lowest BCUT2D eigenvalue weighted by Crippen LogP contribution is -2.23. The van der Waals surface area contributed by atoms with Gasteiger partial charge in [0.1, 0.15) is 5.75 Å². The molecule has 0 N–H and O–H groups in total. The first-order valence-corrected chi connectivity index (χ1v) is 13.0. The van der Waals surface area contributed by atoms with Gasteiger partial charge in [-0.3, -0.25) is 4.79 Å². The smallest absolute Gasteiger partial charge is 0.263 e. The molecule has 0 aliphatic carbocycles. The third-order valence-electron chi connectivity index (χ3n) is 7.13. The first-order valence-electron chi connectivity index (χ1n) is 13.0. The number of ether oxygens (including phenoxy) is 6. The summed E-state index contributed by atoms with van der Waals surface area (Å²) in [5.74, 6) is 3.24. The van der Waals surface area contributed by atoms with E-state index in [-0.39, 0.29) is 12.7 Å². The van der Waals surface area contributed by atoms with Crippen molar-refractivity contribution in [2.24, 2.45) is 0 Å². The molecule has 9 heteroatoms. The fraction of sp³-hybridized carbons (Fsp3) is 0.323. The molecule has 0 atom stereocenters. The molecular formula is C31H34N2O7. The van der Waals surface area contributed by atoms with Gasteiger partial charge in [0.15, 0.2) is 23.0 Å². The van der Waals surface area contributed by atoms with Crippen LogP contribution in [0.4, 0.5) is 0 Å². The van der Waals surface area contributed by atoms with Gasteiger partial charge in [0.25, 0.3) is 5.91 Å². The zero-order valence-corrected chi connectivity index (χ0v) is 23.7. The van der Waals surface area contributed by atoms with E-state index >= 15 is 0 Å². The minimum atomic E-state index is -0.178. The molecule has 0 saturated heterocycles. The van der Waals surface area contributed by atoms with Gasteiger partial charge < -0.3 is 38.2 Å².